The molecule has 0 radical (unpaired) electrons. The Hall–Kier alpha value is -3.86. The van der Waals surface area contributed by atoms with Gasteiger partial charge in [-0.25, -0.2) is 9.97 Å². The van der Waals surface area contributed by atoms with Crippen molar-refractivity contribution in [3.05, 3.63) is 70.8 Å². The van der Waals surface area contributed by atoms with Crippen molar-refractivity contribution in [2.45, 2.75) is 4.90 Å². The van der Waals surface area contributed by atoms with Gasteiger partial charge in [-0.2, -0.15) is 8.42 Å². The maximum atomic E-state index is 13.1. The van der Waals surface area contributed by atoms with Gasteiger partial charge in [-0.05, 0) is 42.5 Å². The highest BCUT2D eigenvalue weighted by atomic mass is 32.3. The molecule has 0 unspecified atom stereocenters. The van der Waals surface area contributed by atoms with Crippen LogP contribution >= 0.6 is 0 Å². The zero-order valence-corrected chi connectivity index (χ0v) is 15.3. The summed E-state index contributed by atoms with van der Waals surface area (Å²) < 4.78 is 35.1. The van der Waals surface area contributed by atoms with E-state index < -0.39 is 21.0 Å². The molecule has 2 heterocycles. The van der Waals surface area contributed by atoms with E-state index in [1.54, 1.807) is 24.3 Å². The molecule has 0 aliphatic heterocycles. The first kappa shape index (κ1) is 18.5. The minimum atomic E-state index is -4.90. The van der Waals surface area contributed by atoms with E-state index in [4.69, 9.17) is 0 Å². The molecule has 4 rings (SSSR count). The number of halogens is 1. The molecule has 146 valence electrons. The number of aromatic amines is 2. The second-order valence-corrected chi connectivity index (χ2v) is 7.36. The van der Waals surface area contributed by atoms with Gasteiger partial charge in [0.15, 0.2) is 11.2 Å². The number of amides is 1. The van der Waals surface area contributed by atoms with Crippen LogP contribution < -0.4 is 10.9 Å². The van der Waals surface area contributed by atoms with E-state index in [-0.39, 0.29) is 22.3 Å². The summed E-state index contributed by atoms with van der Waals surface area (Å²) in [5.74, 6) is -0.161. The fraction of sp³-hybridized carbons (Fsp3) is 0. The second-order valence-electron chi connectivity index (χ2n) is 6.01. The summed E-state index contributed by atoms with van der Waals surface area (Å²) in [7, 11) is -4.90. The number of benzene rings is 2. The fourth-order valence-electron chi connectivity index (χ4n) is 2.68. The topological polar surface area (TPSA) is 138 Å². The molecule has 1 amide bonds. The maximum Gasteiger partial charge on any atom is 0.332 e. The molecule has 0 aliphatic carbocycles. The van der Waals surface area contributed by atoms with E-state index in [0.717, 1.165) is 12.1 Å². The van der Waals surface area contributed by atoms with Gasteiger partial charge in [-0.3, -0.25) is 9.59 Å². The Kier molecular flexibility index (Phi) is 4.43. The first-order valence-corrected chi connectivity index (χ1v) is 9.59. The molecule has 0 fully saturated rings. The minimum Gasteiger partial charge on any atom is -0.332 e. The van der Waals surface area contributed by atoms with Crippen LogP contribution in [0.2, 0.25) is 0 Å². The lowest BCUT2D eigenvalue weighted by molar-refractivity contribution is 0.102. The lowest BCUT2D eigenvalue weighted by Gasteiger charge is -2.06. The van der Waals surface area contributed by atoms with Crippen molar-refractivity contribution in [1.82, 2.24) is 19.9 Å². The molecular weight excluding hydrogens is 401 g/mol. The molecule has 0 saturated carbocycles. The summed E-state index contributed by atoms with van der Waals surface area (Å²) in [6.45, 7) is 0. The van der Waals surface area contributed by atoms with Crippen LogP contribution in [-0.2, 0) is 10.2 Å². The van der Waals surface area contributed by atoms with Crippen LogP contribution in [0.4, 0.5) is 9.57 Å². The molecule has 0 bridgehead atoms. The molecule has 4 aromatic rings. The predicted octanol–water partition coefficient (Wildman–Crippen LogP) is 2.22. The highest BCUT2D eigenvalue weighted by Crippen LogP contribution is 2.21. The third-order valence-corrected chi connectivity index (χ3v) is 4.91. The number of nitrogens with zero attached hydrogens (tertiary/aromatic N) is 2. The van der Waals surface area contributed by atoms with Gasteiger partial charge in [0.25, 0.3) is 11.5 Å². The third kappa shape index (κ3) is 3.75. The van der Waals surface area contributed by atoms with Gasteiger partial charge in [-0.15, -0.1) is 3.89 Å². The molecule has 0 spiro atoms. The number of carbonyl (C=O) groups excluding carboxylic acids is 1. The molecule has 0 atom stereocenters. The number of imidazole rings is 1. The summed E-state index contributed by atoms with van der Waals surface area (Å²) in [6, 6.07) is 11.2. The molecule has 11 heteroatoms. The highest BCUT2D eigenvalue weighted by Gasteiger charge is 2.15. The Bertz CT molecular complexity index is 1390. The first-order valence-electron chi connectivity index (χ1n) is 8.21. The summed E-state index contributed by atoms with van der Waals surface area (Å²) in [5.41, 5.74) is 1.28. The quantitative estimate of drug-likeness (QED) is 0.439. The molecule has 3 N–H and O–H groups in total. The van der Waals surface area contributed by atoms with Gasteiger partial charge >= 0.3 is 10.2 Å². The number of anilines is 1. The zero-order valence-electron chi connectivity index (χ0n) is 14.5. The monoisotopic (exact) mass is 413 g/mol. The van der Waals surface area contributed by atoms with Crippen molar-refractivity contribution in [1.29, 1.82) is 0 Å². The summed E-state index contributed by atoms with van der Waals surface area (Å²) >= 11 is 0. The van der Waals surface area contributed by atoms with Gasteiger partial charge < -0.3 is 15.3 Å². The molecular formula is C18H12FN5O4S. The number of hydrogen-bond donors (Lipinski definition) is 3. The Balaban J connectivity index is 1.56. The van der Waals surface area contributed by atoms with Gasteiger partial charge in [0.05, 0.1) is 11.2 Å². The highest BCUT2D eigenvalue weighted by molar-refractivity contribution is 7.86. The van der Waals surface area contributed by atoms with E-state index in [0.29, 0.717) is 17.1 Å². The zero-order chi connectivity index (χ0) is 20.6. The van der Waals surface area contributed by atoms with Crippen LogP contribution in [0.25, 0.3) is 22.6 Å². The number of aromatic nitrogens is 4. The van der Waals surface area contributed by atoms with Crippen molar-refractivity contribution in [2.75, 3.05) is 5.32 Å². The average Bonchev–Trinajstić information content (AvgIpc) is 3.14. The van der Waals surface area contributed by atoms with Crippen molar-refractivity contribution in [2.24, 2.45) is 0 Å². The number of rotatable bonds is 4. The van der Waals surface area contributed by atoms with E-state index in [1.807, 2.05) is 0 Å². The standard InChI is InChI=1S/C18H12FN5O4S/c19-29(27,28)13-3-1-2-11(8-13)17(25)22-12-6-4-10(5-7-12)15-23-14-16(24-15)20-9-21-18(14)26/h1-9H,(H,22,25)(H2,20,21,23,24,26). The van der Waals surface area contributed by atoms with Crippen LogP contribution in [0.5, 0.6) is 0 Å². The van der Waals surface area contributed by atoms with Crippen LogP contribution in [0.3, 0.4) is 0 Å². The Labute approximate surface area is 162 Å². The van der Waals surface area contributed by atoms with Gasteiger partial charge in [0.1, 0.15) is 5.82 Å². The smallest absolute Gasteiger partial charge is 0.332 e. The number of nitrogens with one attached hydrogen (secondary N) is 3. The van der Waals surface area contributed by atoms with Gasteiger partial charge in [0, 0.05) is 16.8 Å². The number of H-pyrrole nitrogens is 2. The minimum absolute atomic E-state index is 0.00427. The normalized spacial score (nSPS) is 11.5. The lowest BCUT2D eigenvalue weighted by atomic mass is 10.1. The molecule has 0 saturated heterocycles. The lowest BCUT2D eigenvalue weighted by Crippen LogP contribution is -2.12. The van der Waals surface area contributed by atoms with Crippen molar-refractivity contribution < 1.29 is 17.1 Å². The average molecular weight is 413 g/mol. The first-order chi connectivity index (χ1) is 13.8. The fourth-order valence-corrected chi connectivity index (χ4v) is 3.19. The Morgan fingerprint density at radius 2 is 1.86 bits per heavy atom. The van der Waals surface area contributed by atoms with Crippen molar-refractivity contribution in [3.63, 3.8) is 0 Å². The Morgan fingerprint density at radius 3 is 2.55 bits per heavy atom. The van der Waals surface area contributed by atoms with Crippen LogP contribution in [0.15, 0.2) is 64.5 Å². The predicted molar refractivity (Wildman–Crippen MR) is 103 cm³/mol. The molecule has 2 aromatic heterocycles. The molecule has 2 aromatic carbocycles. The second kappa shape index (κ2) is 6.95. The maximum absolute atomic E-state index is 13.1. The number of carbonyl (C=O) groups is 1. The molecule has 9 nitrogen and oxygen atoms in total. The summed E-state index contributed by atoms with van der Waals surface area (Å²) in [6.07, 6.45) is 1.26. The largest absolute Gasteiger partial charge is 0.332 e. The molecule has 29 heavy (non-hydrogen) atoms. The summed E-state index contributed by atoms with van der Waals surface area (Å²) in [4.78, 5) is 37.0. The number of fused-ring (bicyclic) bond motifs is 1. The number of hydrogen-bond acceptors (Lipinski definition) is 6. The van der Waals surface area contributed by atoms with Gasteiger partial charge in [-0.1, -0.05) is 6.07 Å². The van der Waals surface area contributed by atoms with Crippen LogP contribution in [0.1, 0.15) is 10.4 Å². The van der Waals surface area contributed by atoms with Crippen LogP contribution in [0, 0.1) is 0 Å². The van der Waals surface area contributed by atoms with E-state index in [2.05, 4.69) is 25.3 Å². The SMILES string of the molecule is O=C(Nc1ccc(-c2nc3nc[nH]c(=O)c3[nH]2)cc1)c1cccc(S(=O)(=O)F)c1. The van der Waals surface area contributed by atoms with Crippen molar-refractivity contribution >= 4 is 33.0 Å². The third-order valence-electron chi connectivity index (χ3n) is 4.09. The van der Waals surface area contributed by atoms with E-state index in [1.165, 1.54) is 18.5 Å². The van der Waals surface area contributed by atoms with E-state index >= 15 is 0 Å². The van der Waals surface area contributed by atoms with E-state index in [9.17, 15) is 21.9 Å². The van der Waals surface area contributed by atoms with Gasteiger partial charge in [0.2, 0.25) is 0 Å². The van der Waals surface area contributed by atoms with Crippen molar-refractivity contribution in [3.8, 4) is 11.4 Å². The molecule has 0 aliphatic rings. The Morgan fingerprint density at radius 1 is 1.10 bits per heavy atom. The van der Waals surface area contributed by atoms with Crippen LogP contribution in [-0.4, -0.2) is 34.3 Å². The summed E-state index contributed by atoms with van der Waals surface area (Å²) in [5, 5.41) is 2.60.